The molecule has 158 valence electrons. The van der Waals surface area contributed by atoms with Crippen molar-refractivity contribution in [2.45, 2.75) is 23.3 Å². The molecule has 2 N–H and O–H groups in total. The molecule has 0 aromatic heterocycles. The number of para-hydroxylation sites is 1. The average Bonchev–Trinajstić information content (AvgIpc) is 3.25. The van der Waals surface area contributed by atoms with Gasteiger partial charge in [0.25, 0.3) is 10.0 Å². The third-order valence-electron chi connectivity index (χ3n) is 5.99. The van der Waals surface area contributed by atoms with Gasteiger partial charge in [0.05, 0.1) is 16.6 Å². The Hall–Kier alpha value is -2.64. The van der Waals surface area contributed by atoms with Crippen molar-refractivity contribution in [3.05, 3.63) is 100 Å². The average molecular weight is 499 g/mol. The SMILES string of the molecule is O=S(=O)(Nc1ccccc1F)c1ccc2c(c1)[C@H]1C=CC[C@H]1[C@@H](c1ccc(Br)cc1)N2. The molecule has 5 rings (SSSR count). The second kappa shape index (κ2) is 7.80. The molecule has 3 aromatic rings. The van der Waals surface area contributed by atoms with Crippen molar-refractivity contribution < 1.29 is 12.8 Å². The Morgan fingerprint density at radius 2 is 1.81 bits per heavy atom. The van der Waals surface area contributed by atoms with Gasteiger partial charge in [-0.25, -0.2) is 12.8 Å². The highest BCUT2D eigenvalue weighted by Crippen LogP contribution is 2.50. The van der Waals surface area contributed by atoms with Crippen LogP contribution in [0.3, 0.4) is 0 Å². The highest BCUT2D eigenvalue weighted by atomic mass is 79.9. The van der Waals surface area contributed by atoms with E-state index in [0.29, 0.717) is 5.92 Å². The van der Waals surface area contributed by atoms with E-state index in [1.54, 1.807) is 24.3 Å². The molecule has 0 spiro atoms. The predicted molar refractivity (Wildman–Crippen MR) is 124 cm³/mol. The molecule has 0 fully saturated rings. The Bertz CT molecular complexity index is 1270. The Kier molecular flexibility index (Phi) is 5.10. The molecule has 2 aliphatic rings. The van der Waals surface area contributed by atoms with Crippen molar-refractivity contribution in [3.8, 4) is 0 Å². The summed E-state index contributed by atoms with van der Waals surface area (Å²) in [5.41, 5.74) is 3.01. The second-order valence-electron chi connectivity index (χ2n) is 7.86. The fourth-order valence-corrected chi connectivity index (χ4v) is 5.85. The lowest BCUT2D eigenvalue weighted by molar-refractivity contribution is 0.425. The zero-order valence-corrected chi connectivity index (χ0v) is 18.8. The van der Waals surface area contributed by atoms with Crippen LogP contribution in [0.1, 0.15) is 29.5 Å². The zero-order valence-electron chi connectivity index (χ0n) is 16.4. The van der Waals surface area contributed by atoms with Crippen molar-refractivity contribution in [2.24, 2.45) is 5.92 Å². The molecule has 0 saturated carbocycles. The molecule has 0 bridgehead atoms. The van der Waals surface area contributed by atoms with E-state index in [-0.39, 0.29) is 22.5 Å². The van der Waals surface area contributed by atoms with E-state index in [1.807, 2.05) is 12.1 Å². The van der Waals surface area contributed by atoms with Crippen molar-refractivity contribution in [1.29, 1.82) is 0 Å². The molecule has 3 aromatic carbocycles. The number of halogens is 2. The standard InChI is InChI=1S/C24H20BrFN2O2S/c25-16-10-8-15(9-11-16)24-19-5-3-4-18(19)20-14-17(12-13-22(20)27-24)31(29,30)28-23-7-2-1-6-21(23)26/h1-4,6-14,18-19,24,27-28H,5H2/t18-,19+,24+/m0/s1. The maximum absolute atomic E-state index is 14.0. The number of hydrogen-bond acceptors (Lipinski definition) is 3. The van der Waals surface area contributed by atoms with Crippen LogP contribution in [0.4, 0.5) is 15.8 Å². The van der Waals surface area contributed by atoms with Crippen LogP contribution in [-0.4, -0.2) is 8.42 Å². The Morgan fingerprint density at radius 3 is 2.58 bits per heavy atom. The Morgan fingerprint density at radius 1 is 1.03 bits per heavy atom. The van der Waals surface area contributed by atoms with E-state index in [9.17, 15) is 12.8 Å². The normalized spacial score (nSPS) is 21.8. The first-order chi connectivity index (χ1) is 14.9. The molecule has 1 aliphatic heterocycles. The van der Waals surface area contributed by atoms with Gasteiger partial charge in [-0.2, -0.15) is 0 Å². The van der Waals surface area contributed by atoms with Crippen LogP contribution in [0.2, 0.25) is 0 Å². The molecule has 0 unspecified atom stereocenters. The lowest BCUT2D eigenvalue weighted by atomic mass is 9.77. The van der Waals surface area contributed by atoms with Crippen LogP contribution < -0.4 is 10.0 Å². The molecule has 1 aliphatic carbocycles. The monoisotopic (exact) mass is 498 g/mol. The van der Waals surface area contributed by atoms with E-state index in [2.05, 4.69) is 50.3 Å². The topological polar surface area (TPSA) is 58.2 Å². The number of sulfonamides is 1. The predicted octanol–water partition coefficient (Wildman–Crippen LogP) is 6.22. The number of benzene rings is 3. The van der Waals surface area contributed by atoms with Gasteiger partial charge >= 0.3 is 0 Å². The summed E-state index contributed by atoms with van der Waals surface area (Å²) >= 11 is 3.49. The van der Waals surface area contributed by atoms with Crippen LogP contribution >= 0.6 is 15.9 Å². The number of anilines is 2. The molecule has 31 heavy (non-hydrogen) atoms. The summed E-state index contributed by atoms with van der Waals surface area (Å²) < 4.78 is 43.2. The third kappa shape index (κ3) is 3.77. The summed E-state index contributed by atoms with van der Waals surface area (Å²) in [6, 6.07) is 19.2. The first-order valence-electron chi connectivity index (χ1n) is 10.0. The minimum atomic E-state index is -3.92. The maximum atomic E-state index is 14.0. The molecular weight excluding hydrogens is 479 g/mol. The minimum Gasteiger partial charge on any atom is -0.378 e. The quantitative estimate of drug-likeness (QED) is 0.420. The summed E-state index contributed by atoms with van der Waals surface area (Å²) in [6.07, 6.45) is 5.25. The van der Waals surface area contributed by atoms with Gasteiger partial charge in [0.15, 0.2) is 0 Å². The van der Waals surface area contributed by atoms with E-state index in [0.717, 1.165) is 22.1 Å². The molecule has 0 amide bonds. The number of nitrogens with one attached hydrogen (secondary N) is 2. The van der Waals surface area contributed by atoms with Gasteiger partial charge in [0.1, 0.15) is 5.82 Å². The van der Waals surface area contributed by atoms with Gasteiger partial charge in [0.2, 0.25) is 0 Å². The zero-order chi connectivity index (χ0) is 21.6. The van der Waals surface area contributed by atoms with Crippen molar-refractivity contribution in [2.75, 3.05) is 10.0 Å². The molecular formula is C24H20BrFN2O2S. The third-order valence-corrected chi connectivity index (χ3v) is 7.88. The van der Waals surface area contributed by atoms with E-state index in [4.69, 9.17) is 0 Å². The summed E-state index contributed by atoms with van der Waals surface area (Å²) in [4.78, 5) is 0.123. The van der Waals surface area contributed by atoms with Crippen molar-refractivity contribution in [3.63, 3.8) is 0 Å². The first kappa shape index (κ1) is 20.3. The van der Waals surface area contributed by atoms with Gasteiger partial charge in [-0.3, -0.25) is 4.72 Å². The lowest BCUT2D eigenvalue weighted by Gasteiger charge is -2.37. The lowest BCUT2D eigenvalue weighted by Crippen LogP contribution is -2.29. The molecule has 4 nitrogen and oxygen atoms in total. The van der Waals surface area contributed by atoms with Crippen molar-refractivity contribution >= 4 is 37.3 Å². The van der Waals surface area contributed by atoms with Gasteiger partial charge in [-0.1, -0.05) is 52.3 Å². The minimum absolute atomic E-state index is 0.0627. The number of hydrogen-bond donors (Lipinski definition) is 2. The van der Waals surface area contributed by atoms with E-state index in [1.165, 1.54) is 23.8 Å². The summed E-state index contributed by atoms with van der Waals surface area (Å²) in [5, 5.41) is 3.61. The van der Waals surface area contributed by atoms with Gasteiger partial charge < -0.3 is 5.32 Å². The maximum Gasteiger partial charge on any atom is 0.261 e. The summed E-state index contributed by atoms with van der Waals surface area (Å²) in [7, 11) is -3.92. The first-order valence-corrected chi connectivity index (χ1v) is 12.3. The van der Waals surface area contributed by atoms with Crippen LogP contribution in [0.15, 0.2) is 88.3 Å². The Labute approximate surface area is 189 Å². The van der Waals surface area contributed by atoms with Gasteiger partial charge in [0, 0.05) is 16.1 Å². The molecule has 0 saturated heterocycles. The second-order valence-corrected chi connectivity index (χ2v) is 10.5. The van der Waals surface area contributed by atoms with Crippen molar-refractivity contribution in [1.82, 2.24) is 0 Å². The molecule has 1 heterocycles. The molecule has 7 heteroatoms. The van der Waals surface area contributed by atoms with Crippen LogP contribution in [0.5, 0.6) is 0 Å². The fourth-order valence-electron chi connectivity index (χ4n) is 4.49. The number of allylic oxidation sites excluding steroid dienone is 2. The highest BCUT2D eigenvalue weighted by molar-refractivity contribution is 9.10. The number of rotatable bonds is 4. The largest absolute Gasteiger partial charge is 0.378 e. The van der Waals surface area contributed by atoms with Crippen LogP contribution in [0, 0.1) is 11.7 Å². The van der Waals surface area contributed by atoms with Crippen LogP contribution in [0.25, 0.3) is 0 Å². The molecule has 0 radical (unpaired) electrons. The summed E-state index contributed by atoms with van der Waals surface area (Å²) in [5.74, 6) is -0.193. The highest BCUT2D eigenvalue weighted by Gasteiger charge is 2.38. The van der Waals surface area contributed by atoms with Crippen LogP contribution in [-0.2, 0) is 10.0 Å². The summed E-state index contributed by atoms with van der Waals surface area (Å²) in [6.45, 7) is 0. The fraction of sp³-hybridized carbons (Fsp3) is 0.167. The van der Waals surface area contributed by atoms with E-state index >= 15 is 0 Å². The van der Waals surface area contributed by atoms with E-state index < -0.39 is 15.8 Å². The molecule has 3 atom stereocenters. The van der Waals surface area contributed by atoms with Gasteiger partial charge in [-0.15, -0.1) is 0 Å². The Balaban J connectivity index is 1.50. The smallest absolute Gasteiger partial charge is 0.261 e. The van der Waals surface area contributed by atoms with Gasteiger partial charge in [-0.05, 0) is 65.9 Å². The number of fused-ring (bicyclic) bond motifs is 3.